The second kappa shape index (κ2) is 5.04. The van der Waals surface area contributed by atoms with Gasteiger partial charge in [0.1, 0.15) is 11.6 Å². The Balaban J connectivity index is 2.33. The van der Waals surface area contributed by atoms with Crippen molar-refractivity contribution >= 4 is 28.3 Å². The first kappa shape index (κ1) is 13.9. The molecule has 0 radical (unpaired) electrons. The summed E-state index contributed by atoms with van der Waals surface area (Å²) in [4.78, 5) is 4.55. The molecule has 3 nitrogen and oxygen atoms in total. The molecule has 2 N–H and O–H groups in total. The van der Waals surface area contributed by atoms with Crippen LogP contribution in [-0.4, -0.2) is 9.55 Å². The minimum Gasteiger partial charge on any atom is -0.399 e. The summed E-state index contributed by atoms with van der Waals surface area (Å²) in [6, 6.07) is 10.3. The third-order valence-electron chi connectivity index (χ3n) is 3.40. The third-order valence-corrected chi connectivity index (χ3v) is 3.64. The van der Waals surface area contributed by atoms with Crippen molar-refractivity contribution in [3.63, 3.8) is 0 Å². The van der Waals surface area contributed by atoms with Crippen molar-refractivity contribution < 1.29 is 4.39 Å². The SMILES string of the molecule is CC(C)n1c(-c2ccc(N)cc2F)nc2cc(Cl)ccc21. The molecule has 3 rings (SSSR count). The fourth-order valence-corrected chi connectivity index (χ4v) is 2.66. The number of nitrogens with zero attached hydrogens (tertiary/aromatic N) is 2. The average molecular weight is 304 g/mol. The third kappa shape index (κ3) is 2.36. The van der Waals surface area contributed by atoms with E-state index in [-0.39, 0.29) is 11.9 Å². The van der Waals surface area contributed by atoms with E-state index in [1.165, 1.54) is 6.07 Å². The summed E-state index contributed by atoms with van der Waals surface area (Å²) in [5.41, 5.74) is 8.13. The minimum atomic E-state index is -0.377. The predicted octanol–water partition coefficient (Wildman–Crippen LogP) is 4.66. The number of aromatic nitrogens is 2. The monoisotopic (exact) mass is 303 g/mol. The minimum absolute atomic E-state index is 0.142. The van der Waals surface area contributed by atoms with E-state index < -0.39 is 0 Å². The molecular weight excluding hydrogens is 289 g/mol. The highest BCUT2D eigenvalue weighted by Crippen LogP contribution is 2.31. The molecule has 0 aliphatic heterocycles. The molecule has 0 atom stereocenters. The van der Waals surface area contributed by atoms with Gasteiger partial charge in [0, 0.05) is 16.8 Å². The number of hydrogen-bond acceptors (Lipinski definition) is 2. The number of halogens is 2. The van der Waals surface area contributed by atoms with E-state index in [1.54, 1.807) is 18.2 Å². The molecule has 0 spiro atoms. The molecule has 2 aromatic carbocycles. The summed E-state index contributed by atoms with van der Waals surface area (Å²) in [5.74, 6) is 0.207. The number of nitrogens with two attached hydrogens (primary N) is 1. The summed E-state index contributed by atoms with van der Waals surface area (Å²) in [6.45, 7) is 4.07. The second-order valence-corrected chi connectivity index (χ2v) is 5.71. The number of benzene rings is 2. The van der Waals surface area contributed by atoms with Gasteiger partial charge in [-0.05, 0) is 50.2 Å². The summed E-state index contributed by atoms with van der Waals surface area (Å²) < 4.78 is 16.2. The van der Waals surface area contributed by atoms with Crippen molar-refractivity contribution in [2.45, 2.75) is 19.9 Å². The summed E-state index contributed by atoms with van der Waals surface area (Å²) in [5, 5.41) is 0.611. The van der Waals surface area contributed by atoms with Gasteiger partial charge in [-0.25, -0.2) is 9.37 Å². The van der Waals surface area contributed by atoms with Gasteiger partial charge in [-0.15, -0.1) is 0 Å². The number of imidazole rings is 1. The predicted molar refractivity (Wildman–Crippen MR) is 84.9 cm³/mol. The molecule has 1 heterocycles. The number of fused-ring (bicyclic) bond motifs is 1. The maximum atomic E-state index is 14.2. The second-order valence-electron chi connectivity index (χ2n) is 5.27. The maximum Gasteiger partial charge on any atom is 0.144 e. The van der Waals surface area contributed by atoms with E-state index in [0.29, 0.717) is 22.1 Å². The Kier molecular flexibility index (Phi) is 3.33. The van der Waals surface area contributed by atoms with Crippen LogP contribution in [0.3, 0.4) is 0 Å². The van der Waals surface area contributed by atoms with Crippen molar-refractivity contribution in [2.75, 3.05) is 5.73 Å². The Morgan fingerprint density at radius 1 is 1.19 bits per heavy atom. The Morgan fingerprint density at radius 3 is 2.62 bits per heavy atom. The fraction of sp³-hybridized carbons (Fsp3) is 0.188. The summed E-state index contributed by atoms with van der Waals surface area (Å²) in [7, 11) is 0. The van der Waals surface area contributed by atoms with Crippen LogP contribution in [-0.2, 0) is 0 Å². The van der Waals surface area contributed by atoms with Crippen LogP contribution in [0.2, 0.25) is 5.02 Å². The highest BCUT2D eigenvalue weighted by atomic mass is 35.5. The van der Waals surface area contributed by atoms with E-state index in [2.05, 4.69) is 4.98 Å². The number of nitrogen functional groups attached to an aromatic ring is 1. The normalized spacial score (nSPS) is 11.5. The fourth-order valence-electron chi connectivity index (χ4n) is 2.50. The van der Waals surface area contributed by atoms with Gasteiger partial charge in [-0.1, -0.05) is 11.6 Å². The molecule has 1 aromatic heterocycles. The summed E-state index contributed by atoms with van der Waals surface area (Å²) >= 11 is 6.02. The van der Waals surface area contributed by atoms with Gasteiger partial charge >= 0.3 is 0 Å². The highest BCUT2D eigenvalue weighted by Gasteiger charge is 2.18. The highest BCUT2D eigenvalue weighted by molar-refractivity contribution is 6.31. The first-order valence-electron chi connectivity index (χ1n) is 6.70. The molecule has 0 amide bonds. The average Bonchev–Trinajstić information content (AvgIpc) is 2.76. The van der Waals surface area contributed by atoms with Gasteiger partial charge in [-0.3, -0.25) is 0 Å². The van der Waals surface area contributed by atoms with Crippen molar-refractivity contribution in [3.8, 4) is 11.4 Å². The van der Waals surface area contributed by atoms with Crippen LogP contribution in [0.5, 0.6) is 0 Å². The molecule has 3 aromatic rings. The lowest BCUT2D eigenvalue weighted by Gasteiger charge is -2.13. The van der Waals surface area contributed by atoms with Crippen molar-refractivity contribution in [2.24, 2.45) is 0 Å². The van der Waals surface area contributed by atoms with Crippen molar-refractivity contribution in [1.29, 1.82) is 0 Å². The Morgan fingerprint density at radius 2 is 1.95 bits per heavy atom. The lowest BCUT2D eigenvalue weighted by molar-refractivity contribution is 0.608. The van der Waals surface area contributed by atoms with Crippen LogP contribution in [0, 0.1) is 5.82 Å². The van der Waals surface area contributed by atoms with Crippen LogP contribution in [0.1, 0.15) is 19.9 Å². The molecule has 0 unspecified atom stereocenters. The number of anilines is 1. The lowest BCUT2D eigenvalue weighted by atomic mass is 10.1. The topological polar surface area (TPSA) is 43.8 Å². The Hall–Kier alpha value is -2.07. The van der Waals surface area contributed by atoms with Gasteiger partial charge < -0.3 is 10.3 Å². The van der Waals surface area contributed by atoms with E-state index in [9.17, 15) is 4.39 Å². The molecule has 0 bridgehead atoms. The molecule has 0 aliphatic carbocycles. The zero-order chi connectivity index (χ0) is 15.1. The Bertz CT molecular complexity index is 824. The summed E-state index contributed by atoms with van der Waals surface area (Å²) in [6.07, 6.45) is 0. The zero-order valence-electron chi connectivity index (χ0n) is 11.8. The molecule has 21 heavy (non-hydrogen) atoms. The van der Waals surface area contributed by atoms with E-state index in [1.807, 2.05) is 30.5 Å². The molecule has 5 heteroatoms. The zero-order valence-corrected chi connectivity index (χ0v) is 12.5. The van der Waals surface area contributed by atoms with Gasteiger partial charge in [0.2, 0.25) is 0 Å². The molecule has 0 saturated carbocycles. The standard InChI is InChI=1S/C16H15ClFN3/c1-9(2)21-15-6-3-10(17)7-14(15)20-16(21)12-5-4-11(19)8-13(12)18/h3-9H,19H2,1-2H3. The van der Waals surface area contributed by atoms with Crippen LogP contribution in [0.25, 0.3) is 22.4 Å². The quantitative estimate of drug-likeness (QED) is 0.700. The lowest BCUT2D eigenvalue weighted by Crippen LogP contribution is -2.04. The molecule has 108 valence electrons. The molecule has 0 saturated heterocycles. The molecule has 0 aliphatic rings. The first-order valence-corrected chi connectivity index (χ1v) is 7.08. The van der Waals surface area contributed by atoms with E-state index >= 15 is 0 Å². The van der Waals surface area contributed by atoms with E-state index in [4.69, 9.17) is 17.3 Å². The molecule has 0 fully saturated rings. The first-order chi connectivity index (χ1) is 9.97. The molecular formula is C16H15ClFN3. The van der Waals surface area contributed by atoms with Crippen molar-refractivity contribution in [3.05, 3.63) is 47.2 Å². The van der Waals surface area contributed by atoms with Gasteiger partial charge in [0.05, 0.1) is 16.6 Å². The largest absolute Gasteiger partial charge is 0.399 e. The van der Waals surface area contributed by atoms with Gasteiger partial charge in [-0.2, -0.15) is 0 Å². The van der Waals surface area contributed by atoms with E-state index in [0.717, 1.165) is 11.0 Å². The van der Waals surface area contributed by atoms with Crippen LogP contribution in [0.15, 0.2) is 36.4 Å². The number of hydrogen-bond donors (Lipinski definition) is 1. The van der Waals surface area contributed by atoms with Crippen molar-refractivity contribution in [1.82, 2.24) is 9.55 Å². The van der Waals surface area contributed by atoms with Crippen LogP contribution in [0.4, 0.5) is 10.1 Å². The smallest absolute Gasteiger partial charge is 0.144 e. The van der Waals surface area contributed by atoms with Crippen LogP contribution >= 0.6 is 11.6 Å². The van der Waals surface area contributed by atoms with Gasteiger partial charge in [0.25, 0.3) is 0 Å². The Labute approximate surface area is 127 Å². The van der Waals surface area contributed by atoms with Crippen LogP contribution < -0.4 is 5.73 Å². The van der Waals surface area contributed by atoms with Gasteiger partial charge in [0.15, 0.2) is 0 Å². The maximum absolute atomic E-state index is 14.2. The number of rotatable bonds is 2.